The maximum absolute atomic E-state index is 12.8. The Morgan fingerprint density at radius 3 is 2.71 bits per heavy atom. The summed E-state index contributed by atoms with van der Waals surface area (Å²) >= 11 is 0. The fourth-order valence-corrected chi connectivity index (χ4v) is 3.81. The fraction of sp³-hybridized carbons (Fsp3) is 0.562. The first kappa shape index (κ1) is 14.0. The second-order valence-electron chi connectivity index (χ2n) is 6.00. The third kappa shape index (κ3) is 2.64. The lowest BCUT2D eigenvalue weighted by Gasteiger charge is -2.47. The zero-order chi connectivity index (χ0) is 14.8. The van der Waals surface area contributed by atoms with Crippen LogP contribution in [0.2, 0.25) is 0 Å². The van der Waals surface area contributed by atoms with Crippen LogP contribution in [-0.2, 0) is 4.79 Å². The van der Waals surface area contributed by atoms with Crippen molar-refractivity contribution >= 4 is 11.9 Å². The number of likely N-dealkylation sites (tertiary alicyclic amines) is 1. The van der Waals surface area contributed by atoms with Gasteiger partial charge in [-0.2, -0.15) is 0 Å². The van der Waals surface area contributed by atoms with Crippen LogP contribution in [0.3, 0.4) is 0 Å². The summed E-state index contributed by atoms with van der Waals surface area (Å²) in [6.07, 6.45) is 8.89. The lowest BCUT2D eigenvalue weighted by atomic mass is 9.76. The van der Waals surface area contributed by atoms with E-state index in [9.17, 15) is 14.7 Å². The van der Waals surface area contributed by atoms with Gasteiger partial charge in [0.25, 0.3) is 5.91 Å². The lowest BCUT2D eigenvalue weighted by molar-refractivity contribution is -0.146. The molecule has 0 bridgehead atoms. The highest BCUT2D eigenvalue weighted by Crippen LogP contribution is 2.38. The molecule has 1 aromatic heterocycles. The first-order chi connectivity index (χ1) is 10.2. The van der Waals surface area contributed by atoms with Gasteiger partial charge in [-0.25, -0.2) is 4.79 Å². The highest BCUT2D eigenvalue weighted by molar-refractivity contribution is 5.96. The van der Waals surface area contributed by atoms with Crippen LogP contribution in [0.15, 0.2) is 24.5 Å². The van der Waals surface area contributed by atoms with E-state index in [1.54, 1.807) is 23.2 Å². The number of piperidine rings is 1. The molecule has 2 aliphatic rings. The number of aromatic nitrogens is 1. The molecule has 1 aliphatic heterocycles. The normalized spacial score (nSPS) is 28.8. The van der Waals surface area contributed by atoms with Gasteiger partial charge in [-0.3, -0.25) is 9.78 Å². The Hall–Kier alpha value is -1.91. The summed E-state index contributed by atoms with van der Waals surface area (Å²) in [6, 6.07) is 2.80. The van der Waals surface area contributed by atoms with Crippen molar-refractivity contribution in [1.82, 2.24) is 9.88 Å². The number of fused-ring (bicyclic) bond motifs is 1. The van der Waals surface area contributed by atoms with Crippen LogP contribution in [0.4, 0.5) is 0 Å². The van der Waals surface area contributed by atoms with Gasteiger partial charge < -0.3 is 10.0 Å². The molecular weight excluding hydrogens is 268 g/mol. The molecule has 1 amide bonds. The number of rotatable bonds is 2. The number of pyridine rings is 1. The molecule has 3 atom stereocenters. The highest BCUT2D eigenvalue weighted by Gasteiger charge is 2.43. The number of carbonyl (C=O) groups is 2. The van der Waals surface area contributed by atoms with Crippen molar-refractivity contribution in [3.8, 4) is 0 Å². The average molecular weight is 288 g/mol. The van der Waals surface area contributed by atoms with Crippen molar-refractivity contribution in [1.29, 1.82) is 0 Å². The van der Waals surface area contributed by atoms with Gasteiger partial charge in [0.1, 0.15) is 6.04 Å². The Morgan fingerprint density at radius 2 is 2.00 bits per heavy atom. The van der Waals surface area contributed by atoms with E-state index in [0.29, 0.717) is 17.9 Å². The summed E-state index contributed by atoms with van der Waals surface area (Å²) in [7, 11) is 0. The first-order valence-electron chi connectivity index (χ1n) is 7.64. The standard InChI is InChI=1S/C16H20N2O3/c19-15(12-5-3-9-17-10-12)18-13-6-2-1-4-11(13)7-8-14(18)16(20)21/h3,5,9-11,13-14H,1-2,4,6-8H2,(H,20,21). The Labute approximate surface area is 124 Å². The summed E-state index contributed by atoms with van der Waals surface area (Å²) in [6.45, 7) is 0. The van der Waals surface area contributed by atoms with Crippen molar-refractivity contribution < 1.29 is 14.7 Å². The van der Waals surface area contributed by atoms with E-state index >= 15 is 0 Å². The lowest BCUT2D eigenvalue weighted by Crippen LogP contribution is -2.57. The van der Waals surface area contributed by atoms with E-state index in [-0.39, 0.29) is 11.9 Å². The maximum Gasteiger partial charge on any atom is 0.326 e. The predicted molar refractivity (Wildman–Crippen MR) is 76.8 cm³/mol. The number of amides is 1. The largest absolute Gasteiger partial charge is 0.480 e. The summed E-state index contributed by atoms with van der Waals surface area (Å²) in [5.74, 6) is -0.627. The molecule has 1 saturated carbocycles. The SMILES string of the molecule is O=C(O)C1CCC2CCCCC2N1C(=O)c1cccnc1. The minimum atomic E-state index is -0.892. The molecule has 1 aromatic rings. The molecule has 3 rings (SSSR count). The molecule has 1 aliphatic carbocycles. The molecular formula is C16H20N2O3. The number of aliphatic carboxylic acids is 1. The van der Waals surface area contributed by atoms with Gasteiger partial charge >= 0.3 is 5.97 Å². The second kappa shape index (κ2) is 5.84. The summed E-state index contributed by atoms with van der Waals surface area (Å²) < 4.78 is 0. The second-order valence-corrected chi connectivity index (χ2v) is 6.00. The Balaban J connectivity index is 1.92. The Kier molecular flexibility index (Phi) is 3.90. The zero-order valence-corrected chi connectivity index (χ0v) is 11.9. The molecule has 2 fully saturated rings. The van der Waals surface area contributed by atoms with Crippen LogP contribution >= 0.6 is 0 Å². The summed E-state index contributed by atoms with van der Waals surface area (Å²) in [4.78, 5) is 30.0. The molecule has 1 N–H and O–H groups in total. The van der Waals surface area contributed by atoms with Crippen LogP contribution in [0.5, 0.6) is 0 Å². The van der Waals surface area contributed by atoms with Gasteiger partial charge in [0.2, 0.25) is 0 Å². The van der Waals surface area contributed by atoms with Gasteiger partial charge in [0.05, 0.1) is 5.56 Å². The number of hydrogen-bond donors (Lipinski definition) is 1. The molecule has 0 spiro atoms. The van der Waals surface area contributed by atoms with Crippen LogP contribution in [0.25, 0.3) is 0 Å². The molecule has 0 radical (unpaired) electrons. The Morgan fingerprint density at radius 1 is 1.19 bits per heavy atom. The average Bonchev–Trinajstić information content (AvgIpc) is 2.53. The number of hydrogen-bond acceptors (Lipinski definition) is 3. The van der Waals surface area contributed by atoms with E-state index in [1.165, 1.54) is 12.6 Å². The maximum atomic E-state index is 12.8. The van der Waals surface area contributed by atoms with Crippen molar-refractivity contribution in [2.24, 2.45) is 5.92 Å². The van der Waals surface area contributed by atoms with E-state index in [4.69, 9.17) is 0 Å². The van der Waals surface area contributed by atoms with Gasteiger partial charge in [0.15, 0.2) is 0 Å². The summed E-state index contributed by atoms with van der Waals surface area (Å²) in [5, 5.41) is 9.49. The first-order valence-corrected chi connectivity index (χ1v) is 7.64. The van der Waals surface area contributed by atoms with Gasteiger partial charge in [-0.1, -0.05) is 12.8 Å². The molecule has 1 saturated heterocycles. The third-order valence-electron chi connectivity index (χ3n) is 4.80. The molecule has 5 nitrogen and oxygen atoms in total. The highest BCUT2D eigenvalue weighted by atomic mass is 16.4. The topological polar surface area (TPSA) is 70.5 Å². The van der Waals surface area contributed by atoms with E-state index in [1.807, 2.05) is 0 Å². The number of carbonyl (C=O) groups excluding carboxylic acids is 1. The molecule has 3 unspecified atom stereocenters. The van der Waals surface area contributed by atoms with Crippen molar-refractivity contribution in [3.05, 3.63) is 30.1 Å². The zero-order valence-electron chi connectivity index (χ0n) is 11.9. The van der Waals surface area contributed by atoms with Crippen LogP contribution in [0, 0.1) is 5.92 Å². The predicted octanol–water partition coefficient (Wildman–Crippen LogP) is 2.33. The number of carboxylic acids is 1. The minimum absolute atomic E-state index is 0.0707. The van der Waals surface area contributed by atoms with Crippen LogP contribution in [0.1, 0.15) is 48.9 Å². The van der Waals surface area contributed by atoms with E-state index < -0.39 is 12.0 Å². The minimum Gasteiger partial charge on any atom is -0.480 e. The van der Waals surface area contributed by atoms with Gasteiger partial charge in [-0.05, 0) is 43.7 Å². The monoisotopic (exact) mass is 288 g/mol. The van der Waals surface area contributed by atoms with E-state index in [0.717, 1.165) is 25.7 Å². The quantitative estimate of drug-likeness (QED) is 0.906. The molecule has 2 heterocycles. The smallest absolute Gasteiger partial charge is 0.326 e. The summed E-state index contributed by atoms with van der Waals surface area (Å²) in [5.41, 5.74) is 0.481. The van der Waals surface area contributed by atoms with Gasteiger partial charge in [0, 0.05) is 18.4 Å². The van der Waals surface area contributed by atoms with Gasteiger partial charge in [-0.15, -0.1) is 0 Å². The van der Waals surface area contributed by atoms with Crippen LogP contribution < -0.4 is 0 Å². The molecule has 0 aromatic carbocycles. The van der Waals surface area contributed by atoms with Crippen molar-refractivity contribution in [2.45, 2.75) is 50.6 Å². The van der Waals surface area contributed by atoms with Crippen molar-refractivity contribution in [2.75, 3.05) is 0 Å². The third-order valence-corrected chi connectivity index (χ3v) is 4.80. The number of nitrogens with zero attached hydrogens (tertiary/aromatic N) is 2. The van der Waals surface area contributed by atoms with E-state index in [2.05, 4.69) is 4.98 Å². The number of carboxylic acid groups (broad SMARTS) is 1. The Bertz CT molecular complexity index is 532. The van der Waals surface area contributed by atoms with Crippen molar-refractivity contribution in [3.63, 3.8) is 0 Å². The molecule has 112 valence electrons. The van der Waals surface area contributed by atoms with Crippen LogP contribution in [-0.4, -0.2) is 39.0 Å². The fourth-order valence-electron chi connectivity index (χ4n) is 3.81. The molecule has 5 heteroatoms. The molecule has 21 heavy (non-hydrogen) atoms.